The zero-order chi connectivity index (χ0) is 15.7. The van der Waals surface area contributed by atoms with Gasteiger partial charge in [0.1, 0.15) is 6.33 Å². The van der Waals surface area contributed by atoms with Crippen molar-refractivity contribution < 1.29 is 0 Å². The van der Waals surface area contributed by atoms with Crippen LogP contribution in [0.5, 0.6) is 0 Å². The first-order valence-electron chi connectivity index (χ1n) is 8.64. The molecule has 4 nitrogen and oxygen atoms in total. The molecule has 1 unspecified atom stereocenters. The number of hydrogen-bond acceptors (Lipinski definition) is 4. The number of piperidine rings is 1. The summed E-state index contributed by atoms with van der Waals surface area (Å²) in [5.74, 6) is 0. The summed E-state index contributed by atoms with van der Waals surface area (Å²) in [6.45, 7) is 4.21. The first-order valence-corrected chi connectivity index (χ1v) is 8.64. The zero-order valence-corrected chi connectivity index (χ0v) is 13.7. The van der Waals surface area contributed by atoms with Crippen LogP contribution in [0.4, 0.5) is 0 Å². The van der Waals surface area contributed by atoms with Crippen LogP contribution < -0.4 is 5.32 Å². The average molecular weight is 310 g/mol. The Morgan fingerprint density at radius 2 is 1.87 bits per heavy atom. The Kier molecular flexibility index (Phi) is 6.12. The molecule has 122 valence electrons. The predicted octanol–water partition coefficient (Wildman–Crippen LogP) is 3.01. The maximum absolute atomic E-state index is 4.05. The molecule has 1 aromatic heterocycles. The van der Waals surface area contributed by atoms with Gasteiger partial charge in [0.25, 0.3) is 0 Å². The number of benzene rings is 1. The standard InChI is InChI=1S/C19H26N4/c1-2-6-17(7-3-1)15-23-11-5-4-8-19(23)9-10-20-12-18-13-21-16-22-14-18/h1-3,6-7,13-14,16,19-20H,4-5,8-12,15H2. The van der Waals surface area contributed by atoms with Gasteiger partial charge in [-0.25, -0.2) is 9.97 Å². The minimum atomic E-state index is 0.698. The van der Waals surface area contributed by atoms with E-state index in [1.165, 1.54) is 37.8 Å². The molecule has 0 aliphatic carbocycles. The SMILES string of the molecule is c1ccc(CN2CCCCC2CCNCc2cncnc2)cc1. The fourth-order valence-corrected chi connectivity index (χ4v) is 3.34. The Labute approximate surface area is 139 Å². The molecule has 1 aliphatic rings. The number of aromatic nitrogens is 2. The third-order valence-electron chi connectivity index (χ3n) is 4.58. The van der Waals surface area contributed by atoms with Gasteiger partial charge in [-0.3, -0.25) is 4.90 Å². The Bertz CT molecular complexity index is 558. The van der Waals surface area contributed by atoms with E-state index in [1.807, 2.05) is 12.4 Å². The van der Waals surface area contributed by atoms with Crippen LogP contribution >= 0.6 is 0 Å². The third kappa shape index (κ3) is 5.12. The highest BCUT2D eigenvalue weighted by Gasteiger charge is 2.21. The maximum Gasteiger partial charge on any atom is 0.115 e. The van der Waals surface area contributed by atoms with Crippen LogP contribution in [0.1, 0.15) is 36.8 Å². The van der Waals surface area contributed by atoms with Crippen LogP contribution in [0.3, 0.4) is 0 Å². The lowest BCUT2D eigenvalue weighted by atomic mass is 9.98. The van der Waals surface area contributed by atoms with E-state index in [9.17, 15) is 0 Å². The second-order valence-corrected chi connectivity index (χ2v) is 6.32. The molecule has 2 heterocycles. The average Bonchev–Trinajstić information content (AvgIpc) is 2.62. The van der Waals surface area contributed by atoms with Crippen molar-refractivity contribution in [3.05, 3.63) is 60.2 Å². The van der Waals surface area contributed by atoms with Crippen LogP contribution in [0.2, 0.25) is 0 Å². The Hall–Kier alpha value is -1.78. The van der Waals surface area contributed by atoms with Gasteiger partial charge in [-0.15, -0.1) is 0 Å². The van der Waals surface area contributed by atoms with Crippen molar-refractivity contribution in [3.63, 3.8) is 0 Å². The van der Waals surface area contributed by atoms with Crippen LogP contribution in [-0.2, 0) is 13.1 Å². The van der Waals surface area contributed by atoms with Crippen molar-refractivity contribution in [3.8, 4) is 0 Å². The van der Waals surface area contributed by atoms with Crippen molar-refractivity contribution in [2.24, 2.45) is 0 Å². The smallest absolute Gasteiger partial charge is 0.115 e. The molecule has 0 saturated carbocycles. The number of rotatable bonds is 7. The van der Waals surface area contributed by atoms with Crippen LogP contribution in [0.15, 0.2) is 49.1 Å². The van der Waals surface area contributed by atoms with E-state index in [2.05, 4.69) is 50.5 Å². The van der Waals surface area contributed by atoms with Crippen LogP contribution in [0, 0.1) is 0 Å². The van der Waals surface area contributed by atoms with Crippen molar-refractivity contribution in [2.75, 3.05) is 13.1 Å². The van der Waals surface area contributed by atoms with E-state index < -0.39 is 0 Å². The van der Waals surface area contributed by atoms with Crippen molar-refractivity contribution in [2.45, 2.75) is 44.8 Å². The highest BCUT2D eigenvalue weighted by atomic mass is 15.2. The molecule has 0 spiro atoms. The molecule has 0 amide bonds. The Balaban J connectivity index is 1.45. The van der Waals surface area contributed by atoms with Gasteiger partial charge in [-0.05, 0) is 37.9 Å². The summed E-state index contributed by atoms with van der Waals surface area (Å²) in [6, 6.07) is 11.5. The van der Waals surface area contributed by atoms with Crippen LogP contribution in [0.25, 0.3) is 0 Å². The molecule has 23 heavy (non-hydrogen) atoms. The van der Waals surface area contributed by atoms with Gasteiger partial charge in [0.15, 0.2) is 0 Å². The third-order valence-corrected chi connectivity index (χ3v) is 4.58. The molecule has 3 rings (SSSR count). The van der Waals surface area contributed by atoms with Crippen molar-refractivity contribution in [1.29, 1.82) is 0 Å². The van der Waals surface area contributed by atoms with E-state index in [4.69, 9.17) is 0 Å². The minimum absolute atomic E-state index is 0.698. The summed E-state index contributed by atoms with van der Waals surface area (Å²) in [6.07, 6.45) is 10.6. The Morgan fingerprint density at radius 1 is 1.04 bits per heavy atom. The summed E-state index contributed by atoms with van der Waals surface area (Å²) in [4.78, 5) is 10.8. The quantitative estimate of drug-likeness (QED) is 0.798. The van der Waals surface area contributed by atoms with Gasteiger partial charge >= 0.3 is 0 Å². The molecule has 2 aromatic rings. The highest BCUT2D eigenvalue weighted by Crippen LogP contribution is 2.21. The normalized spacial score (nSPS) is 18.9. The monoisotopic (exact) mass is 310 g/mol. The van der Waals surface area contributed by atoms with Gasteiger partial charge in [-0.1, -0.05) is 36.8 Å². The number of hydrogen-bond donors (Lipinski definition) is 1. The second-order valence-electron chi connectivity index (χ2n) is 6.32. The topological polar surface area (TPSA) is 41.0 Å². The minimum Gasteiger partial charge on any atom is -0.312 e. The van der Waals surface area contributed by atoms with Crippen molar-refractivity contribution in [1.82, 2.24) is 20.2 Å². The highest BCUT2D eigenvalue weighted by molar-refractivity contribution is 5.14. The molecule has 1 aliphatic heterocycles. The molecule has 0 bridgehead atoms. The van der Waals surface area contributed by atoms with Gasteiger partial charge in [0.05, 0.1) is 0 Å². The first kappa shape index (κ1) is 16.1. The fraction of sp³-hybridized carbons (Fsp3) is 0.474. The van der Waals surface area contributed by atoms with E-state index in [0.717, 1.165) is 25.2 Å². The number of nitrogens with one attached hydrogen (secondary N) is 1. The molecule has 1 fully saturated rings. The molecular formula is C19H26N4. The summed E-state index contributed by atoms with van der Waals surface area (Å²) in [7, 11) is 0. The molecule has 4 heteroatoms. The number of nitrogens with zero attached hydrogens (tertiary/aromatic N) is 3. The Morgan fingerprint density at radius 3 is 2.70 bits per heavy atom. The molecular weight excluding hydrogens is 284 g/mol. The lowest BCUT2D eigenvalue weighted by Gasteiger charge is -2.36. The van der Waals surface area contributed by atoms with E-state index >= 15 is 0 Å². The summed E-state index contributed by atoms with van der Waals surface area (Å²) in [5.41, 5.74) is 2.58. The lowest BCUT2D eigenvalue weighted by Crippen LogP contribution is -2.40. The fourth-order valence-electron chi connectivity index (χ4n) is 3.34. The summed E-state index contributed by atoms with van der Waals surface area (Å²) >= 11 is 0. The second kappa shape index (κ2) is 8.75. The largest absolute Gasteiger partial charge is 0.312 e. The first-order chi connectivity index (χ1) is 11.4. The van der Waals surface area contributed by atoms with Crippen LogP contribution in [-0.4, -0.2) is 34.0 Å². The van der Waals surface area contributed by atoms with Gasteiger partial charge < -0.3 is 5.32 Å². The lowest BCUT2D eigenvalue weighted by molar-refractivity contribution is 0.132. The van der Waals surface area contributed by atoms with Gasteiger partial charge in [0.2, 0.25) is 0 Å². The zero-order valence-electron chi connectivity index (χ0n) is 13.7. The molecule has 1 saturated heterocycles. The maximum atomic E-state index is 4.05. The summed E-state index contributed by atoms with van der Waals surface area (Å²) < 4.78 is 0. The van der Waals surface area contributed by atoms with Gasteiger partial charge in [0, 0.05) is 37.1 Å². The predicted molar refractivity (Wildman–Crippen MR) is 92.8 cm³/mol. The number of likely N-dealkylation sites (tertiary alicyclic amines) is 1. The van der Waals surface area contributed by atoms with Crippen molar-refractivity contribution >= 4 is 0 Å². The molecule has 1 N–H and O–H groups in total. The van der Waals surface area contributed by atoms with Gasteiger partial charge in [-0.2, -0.15) is 0 Å². The van der Waals surface area contributed by atoms with E-state index in [1.54, 1.807) is 6.33 Å². The summed E-state index contributed by atoms with van der Waals surface area (Å²) in [5, 5.41) is 3.53. The van der Waals surface area contributed by atoms with E-state index in [-0.39, 0.29) is 0 Å². The molecule has 0 radical (unpaired) electrons. The molecule has 1 atom stereocenters. The molecule has 1 aromatic carbocycles. The van der Waals surface area contributed by atoms with E-state index in [0.29, 0.717) is 6.04 Å².